The van der Waals surface area contributed by atoms with Gasteiger partial charge in [-0.1, -0.05) is 18.2 Å². The second-order valence-corrected chi connectivity index (χ2v) is 4.05. The summed E-state index contributed by atoms with van der Waals surface area (Å²) in [4.78, 5) is 10.4. The van der Waals surface area contributed by atoms with Crippen molar-refractivity contribution in [2.75, 3.05) is 25.6 Å². The standard InChI is InChI=1S/C14H17N3O/c1-17(14-11-15-8-9-16-14)10-7-12-5-3-4-6-13(12)18-2/h3-6,8-9,11H,7,10H2,1-2H3. The van der Waals surface area contributed by atoms with Gasteiger partial charge in [-0.2, -0.15) is 0 Å². The van der Waals surface area contributed by atoms with E-state index in [0.29, 0.717) is 0 Å². The van der Waals surface area contributed by atoms with Gasteiger partial charge in [0.15, 0.2) is 0 Å². The van der Waals surface area contributed by atoms with E-state index >= 15 is 0 Å². The number of nitrogens with zero attached hydrogens (tertiary/aromatic N) is 3. The summed E-state index contributed by atoms with van der Waals surface area (Å²) >= 11 is 0. The average molecular weight is 243 g/mol. The van der Waals surface area contributed by atoms with E-state index < -0.39 is 0 Å². The Kier molecular flexibility index (Phi) is 4.12. The van der Waals surface area contributed by atoms with E-state index in [0.717, 1.165) is 24.5 Å². The van der Waals surface area contributed by atoms with Crippen LogP contribution in [0.1, 0.15) is 5.56 Å². The van der Waals surface area contributed by atoms with Crippen LogP contribution in [0, 0.1) is 0 Å². The fourth-order valence-corrected chi connectivity index (χ4v) is 1.80. The molecule has 0 aliphatic rings. The third-order valence-electron chi connectivity index (χ3n) is 2.85. The Morgan fingerprint density at radius 3 is 2.78 bits per heavy atom. The highest BCUT2D eigenvalue weighted by atomic mass is 16.5. The fraction of sp³-hybridized carbons (Fsp3) is 0.286. The Labute approximate surface area is 107 Å². The Balaban J connectivity index is 1.99. The van der Waals surface area contributed by atoms with Gasteiger partial charge in [-0.3, -0.25) is 4.98 Å². The van der Waals surface area contributed by atoms with Crippen molar-refractivity contribution in [3.8, 4) is 5.75 Å². The maximum atomic E-state index is 5.34. The van der Waals surface area contributed by atoms with Gasteiger partial charge in [-0.05, 0) is 18.1 Å². The van der Waals surface area contributed by atoms with E-state index in [-0.39, 0.29) is 0 Å². The van der Waals surface area contributed by atoms with Gasteiger partial charge >= 0.3 is 0 Å². The lowest BCUT2D eigenvalue weighted by molar-refractivity contribution is 0.409. The lowest BCUT2D eigenvalue weighted by Crippen LogP contribution is -2.21. The normalized spacial score (nSPS) is 10.1. The molecule has 0 amide bonds. The molecule has 0 atom stereocenters. The summed E-state index contributed by atoms with van der Waals surface area (Å²) in [6, 6.07) is 8.08. The predicted octanol–water partition coefficient (Wildman–Crippen LogP) is 2.16. The van der Waals surface area contributed by atoms with Crippen molar-refractivity contribution in [1.29, 1.82) is 0 Å². The van der Waals surface area contributed by atoms with E-state index in [1.165, 1.54) is 5.56 Å². The van der Waals surface area contributed by atoms with Crippen molar-refractivity contribution >= 4 is 5.82 Å². The summed E-state index contributed by atoms with van der Waals surface area (Å²) in [6.45, 7) is 0.874. The fourth-order valence-electron chi connectivity index (χ4n) is 1.80. The monoisotopic (exact) mass is 243 g/mol. The average Bonchev–Trinajstić information content (AvgIpc) is 2.46. The summed E-state index contributed by atoms with van der Waals surface area (Å²) in [7, 11) is 3.71. The number of para-hydroxylation sites is 1. The maximum absolute atomic E-state index is 5.34. The van der Waals surface area contributed by atoms with E-state index in [9.17, 15) is 0 Å². The molecular weight excluding hydrogens is 226 g/mol. The van der Waals surface area contributed by atoms with Crippen LogP contribution in [-0.2, 0) is 6.42 Å². The Morgan fingerprint density at radius 2 is 2.06 bits per heavy atom. The topological polar surface area (TPSA) is 38.2 Å². The van der Waals surface area contributed by atoms with Gasteiger partial charge in [0.25, 0.3) is 0 Å². The molecule has 0 radical (unpaired) electrons. The number of benzene rings is 1. The lowest BCUT2D eigenvalue weighted by atomic mass is 10.1. The largest absolute Gasteiger partial charge is 0.496 e. The first-order chi connectivity index (χ1) is 8.81. The van der Waals surface area contributed by atoms with Crippen molar-refractivity contribution in [2.45, 2.75) is 6.42 Å². The van der Waals surface area contributed by atoms with Gasteiger partial charge in [-0.15, -0.1) is 0 Å². The third kappa shape index (κ3) is 2.97. The molecule has 1 heterocycles. The smallest absolute Gasteiger partial charge is 0.146 e. The third-order valence-corrected chi connectivity index (χ3v) is 2.85. The van der Waals surface area contributed by atoms with Crippen LogP contribution in [0.25, 0.3) is 0 Å². The molecule has 4 nitrogen and oxygen atoms in total. The highest BCUT2D eigenvalue weighted by Gasteiger charge is 2.05. The zero-order chi connectivity index (χ0) is 12.8. The van der Waals surface area contributed by atoms with Crippen LogP contribution < -0.4 is 9.64 Å². The highest BCUT2D eigenvalue weighted by Crippen LogP contribution is 2.18. The molecule has 0 saturated heterocycles. The van der Waals surface area contributed by atoms with Gasteiger partial charge in [-0.25, -0.2) is 4.98 Å². The summed E-state index contributed by atoms with van der Waals surface area (Å²) in [5, 5.41) is 0. The van der Waals surface area contributed by atoms with Gasteiger partial charge in [0, 0.05) is 26.0 Å². The minimum absolute atomic E-state index is 0.874. The van der Waals surface area contributed by atoms with Crippen LogP contribution in [0.5, 0.6) is 5.75 Å². The van der Waals surface area contributed by atoms with Crippen LogP contribution in [0.15, 0.2) is 42.9 Å². The Hall–Kier alpha value is -2.10. The number of aromatic nitrogens is 2. The molecule has 1 aromatic heterocycles. The molecule has 0 bridgehead atoms. The number of anilines is 1. The number of methoxy groups -OCH3 is 1. The molecule has 18 heavy (non-hydrogen) atoms. The van der Waals surface area contributed by atoms with Crippen LogP contribution in [0.3, 0.4) is 0 Å². The predicted molar refractivity (Wildman–Crippen MR) is 72.0 cm³/mol. The van der Waals surface area contributed by atoms with Gasteiger partial charge < -0.3 is 9.64 Å². The Morgan fingerprint density at radius 1 is 1.22 bits per heavy atom. The molecule has 0 saturated carbocycles. The molecule has 0 spiro atoms. The van der Waals surface area contributed by atoms with Crippen LogP contribution in [0.2, 0.25) is 0 Å². The summed E-state index contributed by atoms with van der Waals surface area (Å²) in [6.07, 6.45) is 6.06. The van der Waals surface area contributed by atoms with Crippen LogP contribution >= 0.6 is 0 Å². The lowest BCUT2D eigenvalue weighted by Gasteiger charge is -2.18. The van der Waals surface area contributed by atoms with Crippen molar-refractivity contribution in [1.82, 2.24) is 9.97 Å². The second kappa shape index (κ2) is 6.00. The molecule has 2 rings (SSSR count). The molecule has 94 valence electrons. The van der Waals surface area contributed by atoms with Gasteiger partial charge in [0.05, 0.1) is 13.3 Å². The molecule has 4 heteroatoms. The minimum atomic E-state index is 0.874. The molecule has 0 aliphatic carbocycles. The first-order valence-electron chi connectivity index (χ1n) is 5.90. The van der Waals surface area contributed by atoms with E-state index in [4.69, 9.17) is 4.74 Å². The highest BCUT2D eigenvalue weighted by molar-refractivity contribution is 5.37. The molecular formula is C14H17N3O. The number of hydrogen-bond acceptors (Lipinski definition) is 4. The van der Waals surface area contributed by atoms with Gasteiger partial charge in [0.1, 0.15) is 11.6 Å². The zero-order valence-electron chi connectivity index (χ0n) is 10.7. The molecule has 1 aromatic carbocycles. The first-order valence-corrected chi connectivity index (χ1v) is 5.90. The number of likely N-dealkylation sites (N-methyl/N-ethyl adjacent to an activating group) is 1. The molecule has 0 fully saturated rings. The summed E-state index contributed by atoms with van der Waals surface area (Å²) in [5.74, 6) is 1.82. The van der Waals surface area contributed by atoms with Gasteiger partial charge in [0.2, 0.25) is 0 Å². The molecule has 0 N–H and O–H groups in total. The number of ether oxygens (including phenoxy) is 1. The van der Waals surface area contributed by atoms with Crippen LogP contribution in [-0.4, -0.2) is 30.7 Å². The quantitative estimate of drug-likeness (QED) is 0.806. The summed E-state index contributed by atoms with van der Waals surface area (Å²) < 4.78 is 5.34. The van der Waals surface area contributed by atoms with Crippen molar-refractivity contribution < 1.29 is 4.74 Å². The maximum Gasteiger partial charge on any atom is 0.146 e. The SMILES string of the molecule is COc1ccccc1CCN(C)c1cnccn1. The molecule has 0 aliphatic heterocycles. The first kappa shape index (κ1) is 12.4. The number of rotatable bonds is 5. The van der Waals surface area contributed by atoms with Crippen molar-refractivity contribution in [2.24, 2.45) is 0 Å². The van der Waals surface area contributed by atoms with E-state index in [1.54, 1.807) is 25.7 Å². The van der Waals surface area contributed by atoms with E-state index in [2.05, 4.69) is 20.9 Å². The Bertz CT molecular complexity index is 487. The molecule has 2 aromatic rings. The minimum Gasteiger partial charge on any atom is -0.496 e. The summed E-state index contributed by atoms with van der Waals surface area (Å²) in [5.41, 5.74) is 1.20. The van der Waals surface area contributed by atoms with E-state index in [1.807, 2.05) is 25.2 Å². The zero-order valence-corrected chi connectivity index (χ0v) is 10.7. The second-order valence-electron chi connectivity index (χ2n) is 4.05. The van der Waals surface area contributed by atoms with Crippen molar-refractivity contribution in [3.05, 3.63) is 48.4 Å². The van der Waals surface area contributed by atoms with Crippen molar-refractivity contribution in [3.63, 3.8) is 0 Å². The number of hydrogen-bond donors (Lipinski definition) is 0. The van der Waals surface area contributed by atoms with Crippen LogP contribution in [0.4, 0.5) is 5.82 Å². The molecule has 0 unspecified atom stereocenters.